The highest BCUT2D eigenvalue weighted by Crippen LogP contribution is 2.36. The van der Waals surface area contributed by atoms with Gasteiger partial charge in [0.15, 0.2) is 0 Å². The molecule has 1 aliphatic heterocycles. The van der Waals surface area contributed by atoms with Crippen LogP contribution in [0.15, 0.2) is 0 Å². The first-order valence-corrected chi connectivity index (χ1v) is 6.25. The fourth-order valence-corrected chi connectivity index (χ4v) is 3.31. The lowest BCUT2D eigenvalue weighted by molar-refractivity contribution is -0.123. The van der Waals surface area contributed by atoms with E-state index in [9.17, 15) is 4.79 Å². The summed E-state index contributed by atoms with van der Waals surface area (Å²) in [6.07, 6.45) is 7.96. The summed E-state index contributed by atoms with van der Waals surface area (Å²) in [5.41, 5.74) is 5.40. The highest BCUT2D eigenvalue weighted by molar-refractivity contribution is 5.79. The van der Waals surface area contributed by atoms with Crippen molar-refractivity contribution in [3.63, 3.8) is 0 Å². The van der Waals surface area contributed by atoms with Crippen molar-refractivity contribution < 1.29 is 4.79 Å². The topological polar surface area (TPSA) is 46.3 Å². The Kier molecular flexibility index (Phi) is 3.29. The summed E-state index contributed by atoms with van der Waals surface area (Å²) >= 11 is 0. The fourth-order valence-electron chi connectivity index (χ4n) is 3.31. The Hall–Kier alpha value is -0.570. The van der Waals surface area contributed by atoms with E-state index < -0.39 is 0 Å². The highest BCUT2D eigenvalue weighted by Gasteiger charge is 2.36. The molecule has 86 valence electrons. The molecule has 2 rings (SSSR count). The number of carbonyl (C=O) groups is 1. The number of hydrogen-bond acceptors (Lipinski definition) is 2. The van der Waals surface area contributed by atoms with Crippen molar-refractivity contribution in [2.75, 3.05) is 6.54 Å². The molecule has 2 unspecified atom stereocenters. The van der Waals surface area contributed by atoms with Crippen LogP contribution < -0.4 is 5.73 Å². The lowest BCUT2D eigenvalue weighted by atomic mass is 9.95. The van der Waals surface area contributed by atoms with Crippen molar-refractivity contribution in [1.82, 2.24) is 4.90 Å². The average molecular weight is 210 g/mol. The Morgan fingerprint density at radius 1 is 1.27 bits per heavy atom. The fraction of sp³-hybridized carbons (Fsp3) is 0.917. The summed E-state index contributed by atoms with van der Waals surface area (Å²) in [6, 6.07) is 0.563. The van der Waals surface area contributed by atoms with E-state index in [1.807, 2.05) is 6.92 Å². The molecule has 0 radical (unpaired) electrons. The molecular formula is C12H22N2O. The number of primary amides is 1. The molecule has 1 saturated heterocycles. The van der Waals surface area contributed by atoms with Gasteiger partial charge < -0.3 is 5.73 Å². The SMILES string of the molecule is CC(C(N)=O)N1CCCC1C1CCCC1. The van der Waals surface area contributed by atoms with Gasteiger partial charge in [0.2, 0.25) is 5.91 Å². The molecule has 1 aliphatic carbocycles. The Bertz CT molecular complexity index is 236. The van der Waals surface area contributed by atoms with E-state index in [4.69, 9.17) is 5.73 Å². The van der Waals surface area contributed by atoms with E-state index in [1.165, 1.54) is 38.5 Å². The maximum Gasteiger partial charge on any atom is 0.234 e. The van der Waals surface area contributed by atoms with Crippen molar-refractivity contribution in [1.29, 1.82) is 0 Å². The second-order valence-corrected chi connectivity index (χ2v) is 5.07. The summed E-state index contributed by atoms with van der Waals surface area (Å²) in [4.78, 5) is 13.6. The molecule has 0 aromatic rings. The van der Waals surface area contributed by atoms with Gasteiger partial charge in [-0.3, -0.25) is 9.69 Å². The number of amides is 1. The van der Waals surface area contributed by atoms with Crippen LogP contribution >= 0.6 is 0 Å². The molecule has 2 aliphatic rings. The van der Waals surface area contributed by atoms with E-state index in [2.05, 4.69) is 4.90 Å². The molecule has 3 nitrogen and oxygen atoms in total. The Labute approximate surface area is 92.0 Å². The first-order valence-electron chi connectivity index (χ1n) is 6.25. The van der Waals surface area contributed by atoms with Gasteiger partial charge in [-0.05, 0) is 45.1 Å². The van der Waals surface area contributed by atoms with Gasteiger partial charge in [-0.2, -0.15) is 0 Å². The summed E-state index contributed by atoms with van der Waals surface area (Å²) in [6.45, 7) is 3.01. The van der Waals surface area contributed by atoms with Crippen molar-refractivity contribution in [3.05, 3.63) is 0 Å². The number of nitrogens with zero attached hydrogens (tertiary/aromatic N) is 1. The zero-order valence-electron chi connectivity index (χ0n) is 9.61. The second-order valence-electron chi connectivity index (χ2n) is 5.07. The summed E-state index contributed by atoms with van der Waals surface area (Å²) in [5.74, 6) is 0.661. The van der Waals surface area contributed by atoms with Crippen LogP contribution in [0.25, 0.3) is 0 Å². The third kappa shape index (κ3) is 2.17. The molecule has 2 N–H and O–H groups in total. The maximum absolute atomic E-state index is 11.2. The van der Waals surface area contributed by atoms with Gasteiger partial charge in [0.25, 0.3) is 0 Å². The number of carbonyl (C=O) groups excluding carboxylic acids is 1. The zero-order chi connectivity index (χ0) is 10.8. The first kappa shape index (κ1) is 10.9. The monoisotopic (exact) mass is 210 g/mol. The van der Waals surface area contributed by atoms with Crippen LogP contribution in [0.3, 0.4) is 0 Å². The van der Waals surface area contributed by atoms with Gasteiger partial charge in [-0.15, -0.1) is 0 Å². The van der Waals surface area contributed by atoms with Crippen LogP contribution in [0.5, 0.6) is 0 Å². The molecule has 1 heterocycles. The Balaban J connectivity index is 2.00. The lowest BCUT2D eigenvalue weighted by Gasteiger charge is -2.32. The molecule has 2 atom stereocenters. The van der Waals surface area contributed by atoms with Gasteiger partial charge in [0, 0.05) is 6.04 Å². The number of likely N-dealkylation sites (tertiary alicyclic amines) is 1. The van der Waals surface area contributed by atoms with Crippen molar-refractivity contribution in [3.8, 4) is 0 Å². The maximum atomic E-state index is 11.2. The molecule has 2 fully saturated rings. The summed E-state index contributed by atoms with van der Waals surface area (Å²) in [5, 5.41) is 0. The van der Waals surface area contributed by atoms with Gasteiger partial charge in [0.05, 0.1) is 6.04 Å². The number of hydrogen-bond donors (Lipinski definition) is 1. The van der Waals surface area contributed by atoms with E-state index in [1.54, 1.807) is 0 Å². The third-order valence-corrected chi connectivity index (χ3v) is 4.20. The van der Waals surface area contributed by atoms with Crippen LogP contribution in [0, 0.1) is 5.92 Å². The van der Waals surface area contributed by atoms with Gasteiger partial charge in [0.1, 0.15) is 0 Å². The molecule has 0 bridgehead atoms. The quantitative estimate of drug-likeness (QED) is 0.767. The first-order chi connectivity index (χ1) is 7.20. The molecule has 3 heteroatoms. The molecule has 0 aromatic heterocycles. The smallest absolute Gasteiger partial charge is 0.234 e. The van der Waals surface area contributed by atoms with Gasteiger partial charge in [-0.1, -0.05) is 12.8 Å². The van der Waals surface area contributed by atoms with E-state index in [-0.39, 0.29) is 11.9 Å². The predicted molar refractivity (Wildman–Crippen MR) is 60.3 cm³/mol. The summed E-state index contributed by atoms with van der Waals surface area (Å²) in [7, 11) is 0. The van der Waals surface area contributed by atoms with Crippen molar-refractivity contribution in [2.24, 2.45) is 11.7 Å². The minimum Gasteiger partial charge on any atom is -0.368 e. The molecular weight excluding hydrogens is 188 g/mol. The van der Waals surface area contributed by atoms with E-state index in [0.29, 0.717) is 6.04 Å². The zero-order valence-corrected chi connectivity index (χ0v) is 9.61. The van der Waals surface area contributed by atoms with Crippen molar-refractivity contribution in [2.45, 2.75) is 57.5 Å². The van der Waals surface area contributed by atoms with Crippen LogP contribution in [-0.2, 0) is 4.79 Å². The molecule has 1 amide bonds. The third-order valence-electron chi connectivity index (χ3n) is 4.20. The van der Waals surface area contributed by atoms with E-state index >= 15 is 0 Å². The van der Waals surface area contributed by atoms with Crippen molar-refractivity contribution >= 4 is 5.91 Å². The normalized spacial score (nSPS) is 30.9. The Morgan fingerprint density at radius 3 is 2.53 bits per heavy atom. The summed E-state index contributed by atoms with van der Waals surface area (Å²) < 4.78 is 0. The molecule has 0 spiro atoms. The average Bonchev–Trinajstić information content (AvgIpc) is 2.86. The minimum atomic E-state index is -0.167. The lowest BCUT2D eigenvalue weighted by Crippen LogP contribution is -2.47. The standard InChI is InChI=1S/C12H22N2O/c1-9(12(13)15)14-8-4-7-11(14)10-5-2-3-6-10/h9-11H,2-8H2,1H3,(H2,13,15). The minimum absolute atomic E-state index is 0.0712. The predicted octanol–water partition coefficient (Wildman–Crippen LogP) is 1.51. The van der Waals surface area contributed by atoms with Gasteiger partial charge >= 0.3 is 0 Å². The molecule has 1 saturated carbocycles. The largest absolute Gasteiger partial charge is 0.368 e. The molecule has 15 heavy (non-hydrogen) atoms. The van der Waals surface area contributed by atoms with E-state index in [0.717, 1.165) is 12.5 Å². The highest BCUT2D eigenvalue weighted by atomic mass is 16.1. The van der Waals surface area contributed by atoms with Crippen LogP contribution in [0.2, 0.25) is 0 Å². The number of nitrogens with two attached hydrogens (primary N) is 1. The van der Waals surface area contributed by atoms with Crippen LogP contribution in [0.4, 0.5) is 0 Å². The van der Waals surface area contributed by atoms with Gasteiger partial charge in [-0.25, -0.2) is 0 Å². The van der Waals surface area contributed by atoms with Crippen LogP contribution in [0.1, 0.15) is 45.4 Å². The number of rotatable bonds is 3. The second kappa shape index (κ2) is 4.52. The Morgan fingerprint density at radius 2 is 1.93 bits per heavy atom. The molecule has 0 aromatic carbocycles. The van der Waals surface area contributed by atoms with Crippen LogP contribution in [-0.4, -0.2) is 29.4 Å².